The number of unbranched alkanes of at least 4 members (excludes halogenated alkanes) is 1. The van der Waals surface area contributed by atoms with E-state index in [-0.39, 0.29) is 11.9 Å². The minimum atomic E-state index is -0.854. The third-order valence-electron chi connectivity index (χ3n) is 2.82. The van der Waals surface area contributed by atoms with E-state index in [0.717, 1.165) is 24.8 Å². The lowest BCUT2D eigenvalue weighted by atomic mass is 10.00. The van der Waals surface area contributed by atoms with Gasteiger partial charge in [-0.15, -0.1) is 0 Å². The summed E-state index contributed by atoms with van der Waals surface area (Å²) in [5, 5.41) is 3.00. The Balaban J connectivity index is 2.77. The fraction of sp³-hybridized carbons (Fsp3) is 0.571. The molecule has 1 atom stereocenters. The Morgan fingerprint density at radius 1 is 1.56 bits per heavy atom. The van der Waals surface area contributed by atoms with Gasteiger partial charge in [-0.05, 0) is 31.9 Å². The van der Waals surface area contributed by atoms with Gasteiger partial charge in [0.05, 0.1) is 11.6 Å². The van der Waals surface area contributed by atoms with Crippen LogP contribution in [0.1, 0.15) is 51.6 Å². The molecule has 0 aliphatic heterocycles. The number of rotatable bonds is 6. The molecule has 3 N–H and O–H groups in total. The zero-order valence-electron chi connectivity index (χ0n) is 11.4. The molecule has 1 heterocycles. The van der Waals surface area contributed by atoms with E-state index in [1.165, 1.54) is 0 Å². The molecule has 1 aromatic heterocycles. The molecular weight excluding hydrogens is 226 g/mol. The van der Waals surface area contributed by atoms with Crippen LogP contribution in [-0.2, 0) is 4.79 Å². The molecule has 0 aromatic carbocycles. The molecule has 0 radical (unpaired) electrons. The average molecular weight is 249 g/mol. The molecule has 1 amide bonds. The zero-order chi connectivity index (χ0) is 13.6. The number of nitrogens with one attached hydrogen (secondary N) is 1. The molecule has 0 aliphatic carbocycles. The van der Waals surface area contributed by atoms with Gasteiger partial charge in [-0.3, -0.25) is 9.78 Å². The highest BCUT2D eigenvalue weighted by Gasteiger charge is 2.25. The van der Waals surface area contributed by atoms with Crippen LogP contribution in [0.5, 0.6) is 0 Å². The first-order valence-corrected chi connectivity index (χ1v) is 6.45. The Labute approximate surface area is 109 Å². The third-order valence-corrected chi connectivity index (χ3v) is 2.82. The second-order valence-electron chi connectivity index (χ2n) is 5.18. The highest BCUT2D eigenvalue weighted by molar-refractivity contribution is 5.85. The van der Waals surface area contributed by atoms with E-state index in [1.807, 2.05) is 12.1 Å². The SMILES string of the molecule is CCCC[C@H](NC(=O)C(C)(C)N)c1cccnc1. The molecule has 100 valence electrons. The number of nitrogens with two attached hydrogens (primary N) is 1. The monoisotopic (exact) mass is 249 g/mol. The van der Waals surface area contributed by atoms with Crippen LogP contribution in [0.4, 0.5) is 0 Å². The second-order valence-corrected chi connectivity index (χ2v) is 5.18. The number of pyridine rings is 1. The van der Waals surface area contributed by atoms with Crippen molar-refractivity contribution in [1.82, 2.24) is 10.3 Å². The van der Waals surface area contributed by atoms with Crippen molar-refractivity contribution >= 4 is 5.91 Å². The number of nitrogens with zero attached hydrogens (tertiary/aromatic N) is 1. The van der Waals surface area contributed by atoms with Crippen LogP contribution in [0.3, 0.4) is 0 Å². The molecule has 0 fully saturated rings. The van der Waals surface area contributed by atoms with Crippen molar-refractivity contribution in [3.63, 3.8) is 0 Å². The Hall–Kier alpha value is -1.42. The predicted octanol–water partition coefficient (Wildman–Crippen LogP) is 2.17. The molecule has 18 heavy (non-hydrogen) atoms. The summed E-state index contributed by atoms with van der Waals surface area (Å²) in [7, 11) is 0. The van der Waals surface area contributed by atoms with Gasteiger partial charge < -0.3 is 11.1 Å². The first-order chi connectivity index (χ1) is 8.45. The van der Waals surface area contributed by atoms with Gasteiger partial charge in [0.25, 0.3) is 0 Å². The number of amides is 1. The molecule has 0 spiro atoms. The van der Waals surface area contributed by atoms with Crippen molar-refractivity contribution in [2.75, 3.05) is 0 Å². The molecule has 4 heteroatoms. The Kier molecular flexibility index (Phi) is 5.28. The molecule has 4 nitrogen and oxygen atoms in total. The van der Waals surface area contributed by atoms with Crippen LogP contribution in [0, 0.1) is 0 Å². The van der Waals surface area contributed by atoms with Gasteiger partial charge in [0.15, 0.2) is 0 Å². The summed E-state index contributed by atoms with van der Waals surface area (Å²) in [6.07, 6.45) is 6.59. The summed E-state index contributed by atoms with van der Waals surface area (Å²) in [6.45, 7) is 5.56. The van der Waals surface area contributed by atoms with Gasteiger partial charge in [0.1, 0.15) is 0 Å². The minimum absolute atomic E-state index is 0.00558. The number of aromatic nitrogens is 1. The average Bonchev–Trinajstić information content (AvgIpc) is 2.34. The fourth-order valence-corrected chi connectivity index (χ4v) is 1.66. The summed E-state index contributed by atoms with van der Waals surface area (Å²) in [5.41, 5.74) is 5.98. The lowest BCUT2D eigenvalue weighted by Crippen LogP contribution is -2.50. The van der Waals surface area contributed by atoms with Gasteiger partial charge in [0.2, 0.25) is 5.91 Å². The van der Waals surface area contributed by atoms with Crippen LogP contribution >= 0.6 is 0 Å². The molecule has 0 aliphatic rings. The normalized spacial score (nSPS) is 13.1. The molecule has 1 aromatic rings. The van der Waals surface area contributed by atoms with Crippen molar-refractivity contribution in [1.29, 1.82) is 0 Å². The van der Waals surface area contributed by atoms with E-state index in [4.69, 9.17) is 5.73 Å². The number of carbonyl (C=O) groups is 1. The van der Waals surface area contributed by atoms with Crippen molar-refractivity contribution in [3.8, 4) is 0 Å². The van der Waals surface area contributed by atoms with Gasteiger partial charge in [-0.1, -0.05) is 25.8 Å². The van der Waals surface area contributed by atoms with Crippen LogP contribution in [0.25, 0.3) is 0 Å². The highest BCUT2D eigenvalue weighted by Crippen LogP contribution is 2.19. The first kappa shape index (κ1) is 14.6. The maximum Gasteiger partial charge on any atom is 0.239 e. The summed E-state index contributed by atoms with van der Waals surface area (Å²) in [5.74, 6) is -0.132. The van der Waals surface area contributed by atoms with Gasteiger partial charge in [-0.2, -0.15) is 0 Å². The van der Waals surface area contributed by atoms with Gasteiger partial charge >= 0.3 is 0 Å². The highest BCUT2D eigenvalue weighted by atomic mass is 16.2. The van der Waals surface area contributed by atoms with E-state index in [0.29, 0.717) is 0 Å². The Bertz CT molecular complexity index is 370. The maximum atomic E-state index is 12.0. The van der Waals surface area contributed by atoms with E-state index in [9.17, 15) is 4.79 Å². The Morgan fingerprint density at radius 2 is 2.28 bits per heavy atom. The van der Waals surface area contributed by atoms with Gasteiger partial charge in [0, 0.05) is 12.4 Å². The molecule has 0 saturated heterocycles. The van der Waals surface area contributed by atoms with Crippen LogP contribution in [0.15, 0.2) is 24.5 Å². The zero-order valence-corrected chi connectivity index (χ0v) is 11.4. The first-order valence-electron chi connectivity index (χ1n) is 6.45. The molecular formula is C14H23N3O. The largest absolute Gasteiger partial charge is 0.348 e. The smallest absolute Gasteiger partial charge is 0.239 e. The number of hydrogen-bond acceptors (Lipinski definition) is 3. The maximum absolute atomic E-state index is 12.0. The van der Waals surface area contributed by atoms with Crippen molar-refractivity contribution in [3.05, 3.63) is 30.1 Å². The molecule has 0 saturated carbocycles. The van der Waals surface area contributed by atoms with E-state index >= 15 is 0 Å². The van der Waals surface area contributed by atoms with Crippen molar-refractivity contribution in [2.45, 2.75) is 51.6 Å². The standard InChI is InChI=1S/C14H23N3O/c1-4-5-8-12(11-7-6-9-16-10-11)17-13(18)14(2,3)15/h6-7,9-10,12H,4-5,8,15H2,1-3H3,(H,17,18)/t12-/m0/s1. The fourth-order valence-electron chi connectivity index (χ4n) is 1.66. The van der Waals surface area contributed by atoms with E-state index in [2.05, 4.69) is 17.2 Å². The summed E-state index contributed by atoms with van der Waals surface area (Å²) >= 11 is 0. The van der Waals surface area contributed by atoms with E-state index in [1.54, 1.807) is 26.2 Å². The summed E-state index contributed by atoms with van der Waals surface area (Å²) in [6, 6.07) is 3.86. The van der Waals surface area contributed by atoms with E-state index < -0.39 is 5.54 Å². The van der Waals surface area contributed by atoms with Crippen LogP contribution in [-0.4, -0.2) is 16.4 Å². The number of carbonyl (C=O) groups excluding carboxylic acids is 1. The lowest BCUT2D eigenvalue weighted by Gasteiger charge is -2.24. The molecule has 0 unspecified atom stereocenters. The van der Waals surface area contributed by atoms with Crippen molar-refractivity contribution in [2.24, 2.45) is 5.73 Å². The van der Waals surface area contributed by atoms with Crippen LogP contribution in [0.2, 0.25) is 0 Å². The summed E-state index contributed by atoms with van der Waals surface area (Å²) < 4.78 is 0. The molecule has 0 bridgehead atoms. The second kappa shape index (κ2) is 6.50. The predicted molar refractivity (Wildman–Crippen MR) is 72.9 cm³/mol. The quantitative estimate of drug-likeness (QED) is 0.812. The molecule has 1 rings (SSSR count). The minimum Gasteiger partial charge on any atom is -0.348 e. The summed E-state index contributed by atoms with van der Waals surface area (Å²) in [4.78, 5) is 16.1. The van der Waals surface area contributed by atoms with Gasteiger partial charge in [-0.25, -0.2) is 0 Å². The lowest BCUT2D eigenvalue weighted by molar-refractivity contribution is -0.126. The Morgan fingerprint density at radius 3 is 2.78 bits per heavy atom. The topological polar surface area (TPSA) is 68.0 Å². The van der Waals surface area contributed by atoms with Crippen molar-refractivity contribution < 1.29 is 4.79 Å². The number of hydrogen-bond donors (Lipinski definition) is 2. The van der Waals surface area contributed by atoms with Crippen LogP contribution < -0.4 is 11.1 Å². The third kappa shape index (κ3) is 4.45.